The molecule has 2 rings (SSSR count). The lowest BCUT2D eigenvalue weighted by atomic mass is 9.95. The van der Waals surface area contributed by atoms with Gasteiger partial charge < -0.3 is 15.2 Å². The van der Waals surface area contributed by atoms with Gasteiger partial charge in [-0.05, 0) is 44.0 Å². The zero-order valence-corrected chi connectivity index (χ0v) is 10.8. The van der Waals surface area contributed by atoms with Gasteiger partial charge in [0.1, 0.15) is 18.0 Å². The van der Waals surface area contributed by atoms with Crippen LogP contribution < -0.4 is 10.1 Å². The molecule has 0 aromatic heterocycles. The van der Waals surface area contributed by atoms with Crippen molar-refractivity contribution >= 4 is 11.6 Å². The van der Waals surface area contributed by atoms with Gasteiger partial charge >= 0.3 is 0 Å². The largest absolute Gasteiger partial charge is 0.489 e. The summed E-state index contributed by atoms with van der Waals surface area (Å²) in [6.45, 7) is 3.81. The average molecular weight is 256 g/mol. The fraction of sp³-hybridized carbons (Fsp3) is 0.538. The average Bonchev–Trinajstić information content (AvgIpc) is 2.31. The third kappa shape index (κ3) is 3.35. The molecule has 1 heterocycles. The van der Waals surface area contributed by atoms with E-state index in [2.05, 4.69) is 5.32 Å². The summed E-state index contributed by atoms with van der Waals surface area (Å²) >= 11 is 6.04. The van der Waals surface area contributed by atoms with Crippen LogP contribution in [-0.4, -0.2) is 30.4 Å². The van der Waals surface area contributed by atoms with Gasteiger partial charge in [0.25, 0.3) is 0 Å². The third-order valence-electron chi connectivity index (χ3n) is 3.03. The molecule has 3 nitrogen and oxygen atoms in total. The van der Waals surface area contributed by atoms with Crippen LogP contribution in [0.3, 0.4) is 0 Å². The van der Waals surface area contributed by atoms with Gasteiger partial charge in [-0.15, -0.1) is 0 Å². The van der Waals surface area contributed by atoms with Crippen LogP contribution in [0.4, 0.5) is 0 Å². The van der Waals surface area contributed by atoms with E-state index in [4.69, 9.17) is 16.3 Å². The second-order valence-corrected chi connectivity index (χ2v) is 5.13. The summed E-state index contributed by atoms with van der Waals surface area (Å²) < 4.78 is 5.64. The van der Waals surface area contributed by atoms with E-state index in [1.54, 1.807) is 0 Å². The number of aryl methyl sites for hydroxylation is 1. The quantitative estimate of drug-likeness (QED) is 0.870. The predicted octanol–water partition coefficient (Wildman–Crippen LogP) is 2.14. The van der Waals surface area contributed by atoms with E-state index in [0.29, 0.717) is 17.3 Å². The first-order chi connectivity index (χ1) is 8.09. The van der Waals surface area contributed by atoms with Gasteiger partial charge in [0.2, 0.25) is 0 Å². The van der Waals surface area contributed by atoms with E-state index in [-0.39, 0.29) is 6.61 Å². The van der Waals surface area contributed by atoms with E-state index in [1.165, 1.54) is 0 Å². The van der Waals surface area contributed by atoms with Crippen LogP contribution in [0.2, 0.25) is 5.02 Å². The molecular formula is C13H18ClNO2. The summed E-state index contributed by atoms with van der Waals surface area (Å²) in [6, 6.07) is 5.64. The van der Waals surface area contributed by atoms with Crippen molar-refractivity contribution in [2.45, 2.75) is 25.4 Å². The van der Waals surface area contributed by atoms with Crippen molar-refractivity contribution in [2.75, 3.05) is 19.7 Å². The van der Waals surface area contributed by atoms with Gasteiger partial charge in [0.05, 0.1) is 5.02 Å². The summed E-state index contributed by atoms with van der Waals surface area (Å²) in [5, 5.41) is 14.0. The van der Waals surface area contributed by atoms with Crippen molar-refractivity contribution in [3.05, 3.63) is 28.8 Å². The first kappa shape index (κ1) is 12.7. The van der Waals surface area contributed by atoms with E-state index >= 15 is 0 Å². The molecule has 2 N–H and O–H groups in total. The maximum Gasteiger partial charge on any atom is 0.138 e. The smallest absolute Gasteiger partial charge is 0.138 e. The normalized spacial score (nSPS) is 24.6. The summed E-state index contributed by atoms with van der Waals surface area (Å²) in [7, 11) is 0. The monoisotopic (exact) mass is 255 g/mol. The van der Waals surface area contributed by atoms with Crippen LogP contribution in [0, 0.1) is 6.92 Å². The summed E-state index contributed by atoms with van der Waals surface area (Å²) in [5.41, 5.74) is 0.323. The van der Waals surface area contributed by atoms with Gasteiger partial charge in [-0.1, -0.05) is 17.7 Å². The molecule has 4 heteroatoms. The Morgan fingerprint density at radius 1 is 1.53 bits per heavy atom. The molecule has 0 aliphatic carbocycles. The van der Waals surface area contributed by atoms with Crippen molar-refractivity contribution in [1.82, 2.24) is 5.32 Å². The molecule has 1 aromatic carbocycles. The van der Waals surface area contributed by atoms with Crippen LogP contribution >= 0.6 is 11.6 Å². The van der Waals surface area contributed by atoms with Gasteiger partial charge in [-0.3, -0.25) is 0 Å². The number of ether oxygens (including phenoxy) is 1. The maximum absolute atomic E-state index is 10.3. The number of rotatable bonds is 3. The van der Waals surface area contributed by atoms with E-state index in [9.17, 15) is 5.11 Å². The Morgan fingerprint density at radius 3 is 3.06 bits per heavy atom. The minimum Gasteiger partial charge on any atom is -0.489 e. The van der Waals surface area contributed by atoms with Crippen LogP contribution in [0.15, 0.2) is 18.2 Å². The Morgan fingerprint density at radius 2 is 2.35 bits per heavy atom. The van der Waals surface area contributed by atoms with Gasteiger partial charge in [0.15, 0.2) is 0 Å². The number of hydrogen-bond acceptors (Lipinski definition) is 3. The zero-order chi connectivity index (χ0) is 12.3. The second-order valence-electron chi connectivity index (χ2n) is 4.73. The molecule has 1 saturated heterocycles. The highest BCUT2D eigenvalue weighted by Crippen LogP contribution is 2.27. The molecule has 1 aliphatic heterocycles. The SMILES string of the molecule is Cc1ccc(Cl)c(OC[C@@]2(O)CCCNC2)c1. The van der Waals surface area contributed by atoms with Crippen molar-refractivity contribution in [2.24, 2.45) is 0 Å². The van der Waals surface area contributed by atoms with Gasteiger partial charge in [0, 0.05) is 6.54 Å². The number of β-amino-alcohol motifs (C(OH)–C–C–N with tert-alkyl or cyclic N) is 1. The first-order valence-corrected chi connectivity index (χ1v) is 6.29. The summed E-state index contributed by atoms with van der Waals surface area (Å²) in [4.78, 5) is 0. The molecule has 1 atom stereocenters. The highest BCUT2D eigenvalue weighted by molar-refractivity contribution is 6.32. The number of hydrogen-bond donors (Lipinski definition) is 2. The van der Waals surface area contributed by atoms with E-state index < -0.39 is 5.60 Å². The fourth-order valence-corrected chi connectivity index (χ4v) is 2.18. The molecule has 17 heavy (non-hydrogen) atoms. The number of piperidine rings is 1. The minimum absolute atomic E-state index is 0.281. The molecule has 0 radical (unpaired) electrons. The molecule has 1 fully saturated rings. The molecular weight excluding hydrogens is 238 g/mol. The predicted molar refractivity (Wildman–Crippen MR) is 68.7 cm³/mol. The Balaban J connectivity index is 1.99. The van der Waals surface area contributed by atoms with Crippen LogP contribution in [0.25, 0.3) is 0 Å². The topological polar surface area (TPSA) is 41.5 Å². The fourth-order valence-electron chi connectivity index (χ4n) is 2.01. The van der Waals surface area contributed by atoms with Crippen LogP contribution in [-0.2, 0) is 0 Å². The van der Waals surface area contributed by atoms with Crippen molar-refractivity contribution in [1.29, 1.82) is 0 Å². The maximum atomic E-state index is 10.3. The molecule has 0 spiro atoms. The number of halogens is 1. The van der Waals surface area contributed by atoms with Crippen molar-refractivity contribution in [3.63, 3.8) is 0 Å². The van der Waals surface area contributed by atoms with Crippen molar-refractivity contribution in [3.8, 4) is 5.75 Å². The lowest BCUT2D eigenvalue weighted by Gasteiger charge is -2.32. The number of aliphatic hydroxyl groups is 1. The first-order valence-electron chi connectivity index (χ1n) is 5.91. The Hall–Kier alpha value is -0.770. The molecule has 1 aromatic rings. The lowest BCUT2D eigenvalue weighted by molar-refractivity contribution is -0.0230. The number of benzene rings is 1. The standard InChI is InChI=1S/C13H18ClNO2/c1-10-3-4-11(14)12(7-10)17-9-13(16)5-2-6-15-8-13/h3-4,7,15-16H,2,5-6,8-9H2,1H3/t13-/m1/s1. The Labute approximate surface area is 107 Å². The van der Waals surface area contributed by atoms with Crippen LogP contribution in [0.1, 0.15) is 18.4 Å². The Kier molecular flexibility index (Phi) is 3.92. The van der Waals surface area contributed by atoms with Gasteiger partial charge in [-0.2, -0.15) is 0 Å². The second kappa shape index (κ2) is 5.25. The van der Waals surface area contributed by atoms with E-state index in [1.807, 2.05) is 25.1 Å². The molecule has 0 saturated carbocycles. The molecule has 0 amide bonds. The van der Waals surface area contributed by atoms with Gasteiger partial charge in [-0.25, -0.2) is 0 Å². The molecule has 94 valence electrons. The zero-order valence-electron chi connectivity index (χ0n) is 10.0. The Bertz CT molecular complexity index is 389. The molecule has 0 bridgehead atoms. The van der Waals surface area contributed by atoms with E-state index in [0.717, 1.165) is 24.9 Å². The highest BCUT2D eigenvalue weighted by Gasteiger charge is 2.30. The third-order valence-corrected chi connectivity index (χ3v) is 3.35. The summed E-state index contributed by atoms with van der Waals surface area (Å²) in [5.74, 6) is 0.644. The highest BCUT2D eigenvalue weighted by atomic mass is 35.5. The van der Waals surface area contributed by atoms with Crippen molar-refractivity contribution < 1.29 is 9.84 Å². The minimum atomic E-state index is -0.772. The molecule has 1 aliphatic rings. The summed E-state index contributed by atoms with van der Waals surface area (Å²) in [6.07, 6.45) is 1.74. The number of nitrogens with one attached hydrogen (secondary N) is 1. The lowest BCUT2D eigenvalue weighted by Crippen LogP contribution is -2.49. The van der Waals surface area contributed by atoms with Crippen LogP contribution in [0.5, 0.6) is 5.75 Å². The molecule has 0 unspecified atom stereocenters.